The summed E-state index contributed by atoms with van der Waals surface area (Å²) in [5.41, 5.74) is 0. The van der Waals surface area contributed by atoms with Crippen LogP contribution in [0.3, 0.4) is 0 Å². The number of hydrogen-bond acceptors (Lipinski definition) is 3. The third-order valence-corrected chi connectivity index (χ3v) is 5.09. The molecule has 0 aromatic rings. The van der Waals surface area contributed by atoms with Gasteiger partial charge in [-0.05, 0) is 45.3 Å². The molecule has 0 unspecified atom stereocenters. The smallest absolute Gasteiger partial charge is 0.211 e. The zero-order valence-corrected chi connectivity index (χ0v) is 12.8. The van der Waals surface area contributed by atoms with E-state index >= 15 is 0 Å². The van der Waals surface area contributed by atoms with E-state index in [0.717, 1.165) is 32.5 Å². The maximum atomic E-state index is 11.7. The number of piperidine rings is 1. The molecule has 0 atom stereocenters. The van der Waals surface area contributed by atoms with Gasteiger partial charge in [-0.15, -0.1) is 11.6 Å². The monoisotopic (exact) mass is 296 g/mol. The maximum Gasteiger partial charge on any atom is 0.211 e. The van der Waals surface area contributed by atoms with Gasteiger partial charge >= 0.3 is 0 Å². The largest absolute Gasteiger partial charge is 0.303 e. The van der Waals surface area contributed by atoms with Crippen LogP contribution in [0.4, 0.5) is 0 Å². The Kier molecular flexibility index (Phi) is 7.53. The van der Waals surface area contributed by atoms with E-state index in [-0.39, 0.29) is 11.8 Å². The van der Waals surface area contributed by atoms with Gasteiger partial charge in [-0.1, -0.05) is 13.3 Å². The van der Waals surface area contributed by atoms with E-state index < -0.39 is 10.0 Å². The van der Waals surface area contributed by atoms with E-state index in [0.29, 0.717) is 12.3 Å². The second-order valence-electron chi connectivity index (χ2n) is 4.95. The fraction of sp³-hybridized carbons (Fsp3) is 1.00. The zero-order valence-electron chi connectivity index (χ0n) is 11.2. The molecule has 1 fully saturated rings. The molecule has 0 aliphatic carbocycles. The van der Waals surface area contributed by atoms with Gasteiger partial charge in [0.2, 0.25) is 10.0 Å². The van der Waals surface area contributed by atoms with Crippen LogP contribution in [0.25, 0.3) is 0 Å². The number of halogens is 1. The third kappa shape index (κ3) is 6.36. The number of nitrogens with zero attached hydrogens (tertiary/aromatic N) is 1. The Hall–Kier alpha value is 0.160. The van der Waals surface area contributed by atoms with Crippen molar-refractivity contribution in [2.45, 2.75) is 45.1 Å². The van der Waals surface area contributed by atoms with Gasteiger partial charge in [-0.3, -0.25) is 0 Å². The zero-order chi connectivity index (χ0) is 13.4. The van der Waals surface area contributed by atoms with E-state index in [9.17, 15) is 8.42 Å². The Morgan fingerprint density at radius 1 is 1.28 bits per heavy atom. The van der Waals surface area contributed by atoms with Crippen molar-refractivity contribution in [3.8, 4) is 0 Å². The van der Waals surface area contributed by atoms with Crippen molar-refractivity contribution in [3.63, 3.8) is 0 Å². The lowest BCUT2D eigenvalue weighted by molar-refractivity contribution is 0.205. The predicted octanol–water partition coefficient (Wildman–Crippen LogP) is 1.80. The van der Waals surface area contributed by atoms with Crippen molar-refractivity contribution >= 4 is 21.6 Å². The van der Waals surface area contributed by atoms with Crippen molar-refractivity contribution < 1.29 is 8.42 Å². The van der Waals surface area contributed by atoms with E-state index in [1.54, 1.807) is 0 Å². The highest BCUT2D eigenvalue weighted by atomic mass is 35.5. The lowest BCUT2D eigenvalue weighted by atomic mass is 10.1. The van der Waals surface area contributed by atoms with Crippen LogP contribution in [0, 0.1) is 0 Å². The molecule has 4 nitrogen and oxygen atoms in total. The van der Waals surface area contributed by atoms with Gasteiger partial charge in [-0.2, -0.15) is 0 Å². The Morgan fingerprint density at radius 2 is 1.94 bits per heavy atom. The topological polar surface area (TPSA) is 49.4 Å². The highest BCUT2D eigenvalue weighted by Gasteiger charge is 2.22. The Balaban J connectivity index is 2.26. The molecule has 0 amide bonds. The molecule has 1 aliphatic rings. The van der Waals surface area contributed by atoms with Crippen LogP contribution in [0.2, 0.25) is 0 Å². The number of unbranched alkanes of at least 4 members (excludes halogenated alkanes) is 1. The van der Waals surface area contributed by atoms with Crippen LogP contribution in [0.5, 0.6) is 0 Å². The van der Waals surface area contributed by atoms with Crippen LogP contribution < -0.4 is 4.72 Å². The van der Waals surface area contributed by atoms with E-state index in [2.05, 4.69) is 16.5 Å². The summed E-state index contributed by atoms with van der Waals surface area (Å²) in [6.07, 6.45) is 4.80. The molecule has 0 aromatic heterocycles. The third-order valence-electron chi connectivity index (χ3n) is 3.31. The Bertz CT molecular complexity index is 314. The second-order valence-corrected chi connectivity index (χ2v) is 7.20. The summed E-state index contributed by atoms with van der Waals surface area (Å²) in [4.78, 5) is 2.42. The molecule has 1 N–H and O–H groups in total. The molecule has 0 spiro atoms. The number of rotatable bonds is 8. The van der Waals surface area contributed by atoms with Crippen LogP contribution in [-0.4, -0.2) is 50.6 Å². The molecule has 0 aromatic carbocycles. The van der Waals surface area contributed by atoms with Crippen LogP contribution in [0.15, 0.2) is 0 Å². The summed E-state index contributed by atoms with van der Waals surface area (Å²) in [5, 5.41) is 0. The average Bonchev–Trinajstić information content (AvgIpc) is 2.35. The molecule has 1 aliphatic heterocycles. The molecule has 0 radical (unpaired) electrons. The SMILES string of the molecule is CCCCN1CCC(NS(=O)(=O)CCCCl)CC1. The summed E-state index contributed by atoms with van der Waals surface area (Å²) < 4.78 is 26.2. The highest BCUT2D eigenvalue weighted by molar-refractivity contribution is 7.89. The predicted molar refractivity (Wildman–Crippen MR) is 76.6 cm³/mol. The first-order valence-electron chi connectivity index (χ1n) is 6.85. The molecule has 1 rings (SSSR count). The van der Waals surface area contributed by atoms with Crippen LogP contribution in [0.1, 0.15) is 39.0 Å². The lowest BCUT2D eigenvalue weighted by Crippen LogP contribution is -2.45. The fourth-order valence-electron chi connectivity index (χ4n) is 2.21. The van der Waals surface area contributed by atoms with Crippen molar-refractivity contribution in [1.82, 2.24) is 9.62 Å². The second kappa shape index (κ2) is 8.35. The fourth-order valence-corrected chi connectivity index (χ4v) is 3.89. The Morgan fingerprint density at radius 3 is 2.50 bits per heavy atom. The minimum atomic E-state index is -3.13. The first-order valence-corrected chi connectivity index (χ1v) is 9.04. The lowest BCUT2D eigenvalue weighted by Gasteiger charge is -2.32. The molecule has 1 saturated heterocycles. The average molecular weight is 297 g/mol. The molecular formula is C12H25ClN2O2S. The number of nitrogens with one attached hydrogen (secondary N) is 1. The first kappa shape index (κ1) is 16.2. The van der Waals surface area contributed by atoms with E-state index in [4.69, 9.17) is 11.6 Å². The first-order chi connectivity index (χ1) is 8.57. The van der Waals surface area contributed by atoms with Gasteiger partial charge in [0.25, 0.3) is 0 Å². The van der Waals surface area contributed by atoms with Gasteiger partial charge in [0.1, 0.15) is 0 Å². The summed E-state index contributed by atoms with van der Waals surface area (Å²) in [6.45, 7) is 5.34. The summed E-state index contributed by atoms with van der Waals surface area (Å²) >= 11 is 5.52. The summed E-state index contributed by atoms with van der Waals surface area (Å²) in [6, 6.07) is 0.114. The molecule has 1 heterocycles. The number of hydrogen-bond donors (Lipinski definition) is 1. The highest BCUT2D eigenvalue weighted by Crippen LogP contribution is 2.12. The quantitative estimate of drug-likeness (QED) is 0.695. The number of alkyl halides is 1. The van der Waals surface area contributed by atoms with E-state index in [1.807, 2.05) is 0 Å². The maximum absolute atomic E-state index is 11.7. The van der Waals surface area contributed by atoms with Gasteiger partial charge in [-0.25, -0.2) is 13.1 Å². The molecule has 0 bridgehead atoms. The number of sulfonamides is 1. The molecule has 18 heavy (non-hydrogen) atoms. The molecular weight excluding hydrogens is 272 g/mol. The normalized spacial score (nSPS) is 19.2. The summed E-state index contributed by atoms with van der Waals surface area (Å²) in [7, 11) is -3.13. The van der Waals surface area contributed by atoms with Crippen molar-refractivity contribution in [2.75, 3.05) is 31.3 Å². The van der Waals surface area contributed by atoms with Gasteiger partial charge < -0.3 is 4.90 Å². The van der Waals surface area contributed by atoms with E-state index in [1.165, 1.54) is 12.8 Å². The Labute approximate surface area is 116 Å². The van der Waals surface area contributed by atoms with Crippen LogP contribution in [-0.2, 0) is 10.0 Å². The molecule has 0 saturated carbocycles. The molecule has 6 heteroatoms. The van der Waals surface area contributed by atoms with Gasteiger partial charge in [0.15, 0.2) is 0 Å². The van der Waals surface area contributed by atoms with Crippen molar-refractivity contribution in [2.24, 2.45) is 0 Å². The summed E-state index contributed by atoms with van der Waals surface area (Å²) in [5.74, 6) is 0.545. The molecule has 108 valence electrons. The van der Waals surface area contributed by atoms with Gasteiger partial charge in [0, 0.05) is 11.9 Å². The number of likely N-dealkylation sites (tertiary alicyclic amines) is 1. The van der Waals surface area contributed by atoms with Crippen molar-refractivity contribution in [1.29, 1.82) is 0 Å². The van der Waals surface area contributed by atoms with Crippen LogP contribution >= 0.6 is 11.6 Å². The minimum absolute atomic E-state index is 0.114. The standard InChI is InChI=1S/C12H25ClN2O2S/c1-2-3-8-15-9-5-12(6-10-15)14-18(16,17)11-4-7-13/h12,14H,2-11H2,1H3. The van der Waals surface area contributed by atoms with Gasteiger partial charge in [0.05, 0.1) is 5.75 Å². The minimum Gasteiger partial charge on any atom is -0.303 e. The van der Waals surface area contributed by atoms with Crippen molar-refractivity contribution in [3.05, 3.63) is 0 Å².